The van der Waals surface area contributed by atoms with Crippen molar-refractivity contribution in [1.82, 2.24) is 10.2 Å². The van der Waals surface area contributed by atoms with Crippen LogP contribution in [0.3, 0.4) is 0 Å². The van der Waals surface area contributed by atoms with Crippen LogP contribution < -0.4 is 5.73 Å². The highest BCUT2D eigenvalue weighted by Gasteiger charge is 2.39. The van der Waals surface area contributed by atoms with Gasteiger partial charge >= 0.3 is 0 Å². The summed E-state index contributed by atoms with van der Waals surface area (Å²) in [6.45, 7) is 0.768. The van der Waals surface area contributed by atoms with E-state index in [1.165, 1.54) is 61.9 Å². The maximum absolute atomic E-state index is 6.00. The fraction of sp³-hybridized carbons (Fsp3) is 0.750. The molecule has 0 unspecified atom stereocenters. The fourth-order valence-electron chi connectivity index (χ4n) is 3.35. The summed E-state index contributed by atoms with van der Waals surface area (Å²) < 4.78 is 0. The van der Waals surface area contributed by atoms with Crippen molar-refractivity contribution in [2.75, 3.05) is 6.54 Å². The Bertz CT molecular complexity index is 361. The number of nitrogens with two attached hydrogens (primary N) is 1. The average molecular weight is 205 g/mol. The molecule has 1 saturated carbocycles. The molecule has 1 aromatic rings. The van der Waals surface area contributed by atoms with Crippen LogP contribution in [0.2, 0.25) is 0 Å². The minimum absolute atomic E-state index is 0.217. The molecule has 3 heteroatoms. The van der Waals surface area contributed by atoms with E-state index in [4.69, 9.17) is 5.73 Å². The molecule has 0 aromatic carbocycles. The van der Waals surface area contributed by atoms with Gasteiger partial charge < -0.3 is 5.73 Å². The van der Waals surface area contributed by atoms with E-state index < -0.39 is 0 Å². The zero-order chi connectivity index (χ0) is 10.3. The quantitative estimate of drug-likeness (QED) is 0.771. The maximum atomic E-state index is 6.00. The number of aromatic amines is 1. The highest BCUT2D eigenvalue weighted by Crippen LogP contribution is 2.42. The second-order valence-electron chi connectivity index (χ2n) is 5.07. The first-order valence-electron chi connectivity index (χ1n) is 6.12. The molecular formula is C12H19N3. The number of aryl methyl sites for hydroxylation is 1. The van der Waals surface area contributed by atoms with Gasteiger partial charge in [-0.05, 0) is 37.7 Å². The average Bonchev–Trinajstić information content (AvgIpc) is 2.93. The third kappa shape index (κ3) is 1.26. The molecule has 2 aliphatic carbocycles. The Hall–Kier alpha value is -0.830. The number of aromatic nitrogens is 2. The molecule has 3 nitrogen and oxygen atoms in total. The van der Waals surface area contributed by atoms with Gasteiger partial charge in [-0.25, -0.2) is 0 Å². The first-order chi connectivity index (χ1) is 7.36. The maximum Gasteiger partial charge on any atom is 0.0731 e. The Labute approximate surface area is 90.4 Å². The first kappa shape index (κ1) is 9.40. The second-order valence-corrected chi connectivity index (χ2v) is 5.07. The van der Waals surface area contributed by atoms with Crippen molar-refractivity contribution in [1.29, 1.82) is 0 Å². The molecule has 0 radical (unpaired) electrons. The van der Waals surface area contributed by atoms with Gasteiger partial charge in [-0.15, -0.1) is 0 Å². The minimum atomic E-state index is 0.217. The van der Waals surface area contributed by atoms with Gasteiger partial charge in [-0.3, -0.25) is 5.10 Å². The molecule has 0 spiro atoms. The monoisotopic (exact) mass is 205 g/mol. The Morgan fingerprint density at radius 2 is 2.00 bits per heavy atom. The lowest BCUT2D eigenvalue weighted by molar-refractivity contribution is 0.435. The first-order valence-corrected chi connectivity index (χ1v) is 6.12. The van der Waals surface area contributed by atoms with E-state index in [9.17, 15) is 0 Å². The number of nitrogens with one attached hydrogen (secondary N) is 1. The Morgan fingerprint density at radius 1 is 1.20 bits per heavy atom. The summed E-state index contributed by atoms with van der Waals surface area (Å²) in [4.78, 5) is 0. The summed E-state index contributed by atoms with van der Waals surface area (Å²) in [5, 5.41) is 7.77. The SMILES string of the molecule is NCC1(c2n[nH]c3c2CCC3)CCCC1. The van der Waals surface area contributed by atoms with Gasteiger partial charge in [0.25, 0.3) is 0 Å². The molecule has 82 valence electrons. The van der Waals surface area contributed by atoms with Gasteiger partial charge in [0.1, 0.15) is 0 Å². The van der Waals surface area contributed by atoms with Crippen molar-refractivity contribution >= 4 is 0 Å². The zero-order valence-corrected chi connectivity index (χ0v) is 9.18. The lowest BCUT2D eigenvalue weighted by Crippen LogP contribution is -2.33. The van der Waals surface area contributed by atoms with Crippen LogP contribution in [0.25, 0.3) is 0 Å². The van der Waals surface area contributed by atoms with Gasteiger partial charge in [0.2, 0.25) is 0 Å². The molecule has 1 aromatic heterocycles. The molecule has 0 saturated heterocycles. The molecule has 1 heterocycles. The molecule has 3 rings (SSSR count). The Morgan fingerprint density at radius 3 is 2.73 bits per heavy atom. The van der Waals surface area contributed by atoms with E-state index in [2.05, 4.69) is 10.2 Å². The van der Waals surface area contributed by atoms with Gasteiger partial charge in [0, 0.05) is 17.7 Å². The predicted octanol–water partition coefficient (Wildman–Crippen LogP) is 1.67. The van der Waals surface area contributed by atoms with Crippen LogP contribution >= 0.6 is 0 Å². The molecule has 0 aliphatic heterocycles. The van der Waals surface area contributed by atoms with Crippen LogP contribution in [-0.2, 0) is 18.3 Å². The van der Waals surface area contributed by atoms with Crippen LogP contribution in [0, 0.1) is 0 Å². The van der Waals surface area contributed by atoms with Crippen molar-refractivity contribution in [2.45, 2.75) is 50.4 Å². The number of nitrogens with zero attached hydrogens (tertiary/aromatic N) is 1. The summed E-state index contributed by atoms with van der Waals surface area (Å²) in [6, 6.07) is 0. The second kappa shape index (κ2) is 3.34. The largest absolute Gasteiger partial charge is 0.330 e. The fourth-order valence-corrected chi connectivity index (χ4v) is 3.35. The van der Waals surface area contributed by atoms with Crippen LogP contribution in [0.5, 0.6) is 0 Å². The van der Waals surface area contributed by atoms with Crippen LogP contribution in [0.4, 0.5) is 0 Å². The van der Waals surface area contributed by atoms with E-state index in [0.717, 1.165) is 6.54 Å². The zero-order valence-electron chi connectivity index (χ0n) is 9.18. The van der Waals surface area contributed by atoms with Crippen LogP contribution in [0.1, 0.15) is 49.1 Å². The van der Waals surface area contributed by atoms with Crippen molar-refractivity contribution < 1.29 is 0 Å². The van der Waals surface area contributed by atoms with E-state index in [0.29, 0.717) is 0 Å². The van der Waals surface area contributed by atoms with Crippen molar-refractivity contribution in [3.8, 4) is 0 Å². The lowest BCUT2D eigenvalue weighted by atomic mass is 9.80. The number of H-pyrrole nitrogens is 1. The van der Waals surface area contributed by atoms with Gasteiger partial charge in [0.05, 0.1) is 5.69 Å². The van der Waals surface area contributed by atoms with Gasteiger partial charge in [-0.2, -0.15) is 5.10 Å². The number of hydrogen-bond acceptors (Lipinski definition) is 2. The minimum Gasteiger partial charge on any atom is -0.330 e. The predicted molar refractivity (Wildman–Crippen MR) is 59.8 cm³/mol. The number of rotatable bonds is 2. The van der Waals surface area contributed by atoms with Crippen LogP contribution in [-0.4, -0.2) is 16.7 Å². The van der Waals surface area contributed by atoms with E-state index >= 15 is 0 Å². The van der Waals surface area contributed by atoms with Crippen molar-refractivity contribution in [2.24, 2.45) is 5.73 Å². The summed E-state index contributed by atoms with van der Waals surface area (Å²) in [5.41, 5.74) is 10.4. The van der Waals surface area contributed by atoms with Crippen molar-refractivity contribution in [3.63, 3.8) is 0 Å². The van der Waals surface area contributed by atoms with Crippen LogP contribution in [0.15, 0.2) is 0 Å². The third-order valence-corrected chi connectivity index (χ3v) is 4.26. The molecule has 1 fully saturated rings. The molecule has 2 aliphatic rings. The van der Waals surface area contributed by atoms with Gasteiger partial charge in [-0.1, -0.05) is 12.8 Å². The molecule has 15 heavy (non-hydrogen) atoms. The standard InChI is InChI=1S/C12H19N3/c13-8-12(6-1-2-7-12)11-9-4-3-5-10(9)14-15-11/h1-8,13H2,(H,14,15). The Kier molecular flexibility index (Phi) is 2.09. The normalized spacial score (nSPS) is 23.3. The van der Waals surface area contributed by atoms with E-state index in [1.54, 1.807) is 0 Å². The summed E-state index contributed by atoms with van der Waals surface area (Å²) >= 11 is 0. The smallest absolute Gasteiger partial charge is 0.0731 e. The van der Waals surface area contributed by atoms with E-state index in [1.807, 2.05) is 0 Å². The van der Waals surface area contributed by atoms with Gasteiger partial charge in [0.15, 0.2) is 0 Å². The molecule has 0 bridgehead atoms. The molecule has 3 N–H and O–H groups in total. The lowest BCUT2D eigenvalue weighted by Gasteiger charge is -2.26. The highest BCUT2D eigenvalue weighted by molar-refractivity contribution is 5.35. The van der Waals surface area contributed by atoms with Crippen molar-refractivity contribution in [3.05, 3.63) is 17.0 Å². The highest BCUT2D eigenvalue weighted by atomic mass is 15.1. The third-order valence-electron chi connectivity index (χ3n) is 4.26. The summed E-state index contributed by atoms with van der Waals surface area (Å²) in [5.74, 6) is 0. The number of hydrogen-bond donors (Lipinski definition) is 2. The molecule has 0 atom stereocenters. The summed E-state index contributed by atoms with van der Waals surface area (Å²) in [6.07, 6.45) is 8.79. The Balaban J connectivity index is 2.03. The molecule has 0 amide bonds. The molecular weight excluding hydrogens is 186 g/mol. The van der Waals surface area contributed by atoms with E-state index in [-0.39, 0.29) is 5.41 Å². The number of fused-ring (bicyclic) bond motifs is 1. The summed E-state index contributed by atoms with van der Waals surface area (Å²) in [7, 11) is 0. The topological polar surface area (TPSA) is 54.7 Å².